The number of halogens is 1. The normalized spacial score (nSPS) is 20.9. The third kappa shape index (κ3) is 2.10. The first-order valence-electron chi connectivity index (χ1n) is 9.09. The van der Waals surface area contributed by atoms with Gasteiger partial charge in [-0.05, 0) is 35.7 Å². The van der Waals surface area contributed by atoms with E-state index in [2.05, 4.69) is 15.1 Å². The predicted octanol–water partition coefficient (Wildman–Crippen LogP) is 3.85. The van der Waals surface area contributed by atoms with E-state index in [-0.39, 0.29) is 6.17 Å². The first-order chi connectivity index (χ1) is 13.3. The first kappa shape index (κ1) is 15.2. The number of hydrogen-bond acceptors (Lipinski definition) is 7. The number of para-hydroxylation sites is 1. The van der Waals surface area contributed by atoms with Crippen LogP contribution in [0.3, 0.4) is 0 Å². The molecule has 1 atom stereocenters. The summed E-state index contributed by atoms with van der Waals surface area (Å²) in [5, 5.41) is 8.42. The average molecular weight is 382 g/mol. The summed E-state index contributed by atoms with van der Waals surface area (Å²) in [7, 11) is 0. The third-order valence-electron chi connectivity index (χ3n) is 5.51. The number of rotatable bonds is 2. The van der Waals surface area contributed by atoms with E-state index in [4.69, 9.17) is 21.1 Å². The highest BCUT2D eigenvalue weighted by molar-refractivity contribution is 6.29. The largest absolute Gasteiger partial charge is 0.337 e. The molecule has 0 amide bonds. The van der Waals surface area contributed by atoms with Gasteiger partial charge in [0.05, 0.1) is 11.9 Å². The van der Waals surface area contributed by atoms with E-state index in [1.54, 1.807) is 12.5 Å². The van der Waals surface area contributed by atoms with Gasteiger partial charge < -0.3 is 4.52 Å². The Hall–Kier alpha value is -2.87. The molecular formula is C18H16ClN7O. The van der Waals surface area contributed by atoms with Crippen molar-refractivity contribution in [3.8, 4) is 5.69 Å². The number of hydrogen-bond donors (Lipinski definition) is 0. The van der Waals surface area contributed by atoms with Gasteiger partial charge in [-0.1, -0.05) is 31.0 Å². The Kier molecular flexibility index (Phi) is 3.13. The molecule has 3 aliphatic rings. The third-order valence-corrected chi connectivity index (χ3v) is 5.78. The second-order valence-corrected chi connectivity index (χ2v) is 7.36. The molecule has 0 saturated heterocycles. The summed E-state index contributed by atoms with van der Waals surface area (Å²) in [6, 6.07) is 8.05. The number of aliphatic imine (C=N–C) groups is 1. The van der Waals surface area contributed by atoms with Crippen molar-refractivity contribution in [2.24, 2.45) is 4.99 Å². The number of hydrazine groups is 1. The molecule has 2 aliphatic heterocycles. The Morgan fingerprint density at radius 1 is 1.15 bits per heavy atom. The molecule has 27 heavy (non-hydrogen) atoms. The van der Waals surface area contributed by atoms with Gasteiger partial charge in [-0.3, -0.25) is 4.57 Å². The number of benzene rings is 1. The van der Waals surface area contributed by atoms with Crippen LogP contribution in [0.25, 0.3) is 5.69 Å². The molecule has 1 saturated carbocycles. The summed E-state index contributed by atoms with van der Waals surface area (Å²) in [4.78, 5) is 13.6. The fourth-order valence-corrected chi connectivity index (χ4v) is 4.46. The molecule has 3 aromatic rings. The van der Waals surface area contributed by atoms with Crippen molar-refractivity contribution in [2.45, 2.75) is 37.8 Å². The number of imidazole rings is 1. The van der Waals surface area contributed by atoms with E-state index in [0.717, 1.165) is 29.9 Å². The zero-order chi connectivity index (χ0) is 18.0. The molecule has 8 nitrogen and oxygen atoms in total. The Labute approximate surface area is 160 Å². The Morgan fingerprint density at radius 3 is 2.89 bits per heavy atom. The van der Waals surface area contributed by atoms with Crippen LogP contribution in [0, 0.1) is 0 Å². The van der Waals surface area contributed by atoms with Gasteiger partial charge in [0.15, 0.2) is 12.0 Å². The number of anilines is 2. The molecule has 4 heterocycles. The predicted molar refractivity (Wildman–Crippen MR) is 100 cm³/mol. The summed E-state index contributed by atoms with van der Waals surface area (Å²) in [6.07, 6.45) is 7.92. The molecule has 1 aliphatic carbocycles. The number of fused-ring (bicyclic) bond motifs is 6. The summed E-state index contributed by atoms with van der Waals surface area (Å²) in [5.74, 6) is 2.37. The van der Waals surface area contributed by atoms with Crippen LogP contribution >= 0.6 is 11.6 Å². The highest BCUT2D eigenvalue weighted by Gasteiger charge is 2.41. The second-order valence-electron chi connectivity index (χ2n) is 7.02. The number of aromatic nitrogens is 4. The summed E-state index contributed by atoms with van der Waals surface area (Å²) in [5.41, 5.74) is 2.03. The van der Waals surface area contributed by atoms with Gasteiger partial charge in [-0.2, -0.15) is 4.98 Å². The van der Waals surface area contributed by atoms with Crippen LogP contribution < -0.4 is 10.0 Å². The molecule has 0 bridgehead atoms. The van der Waals surface area contributed by atoms with Gasteiger partial charge >= 0.3 is 0 Å². The van der Waals surface area contributed by atoms with Gasteiger partial charge in [0.25, 0.3) is 5.95 Å². The lowest BCUT2D eigenvalue weighted by atomic mass is 10.1. The van der Waals surface area contributed by atoms with Crippen LogP contribution in [-0.4, -0.2) is 26.0 Å². The zero-order valence-electron chi connectivity index (χ0n) is 14.4. The molecule has 0 spiro atoms. The van der Waals surface area contributed by atoms with Crippen LogP contribution in [-0.2, 0) is 0 Å². The van der Waals surface area contributed by atoms with Gasteiger partial charge in [-0.25, -0.2) is 20.0 Å². The fourth-order valence-electron chi connectivity index (χ4n) is 4.23. The molecule has 0 radical (unpaired) electrons. The van der Waals surface area contributed by atoms with Crippen molar-refractivity contribution in [1.82, 2.24) is 19.7 Å². The first-order valence-corrected chi connectivity index (χ1v) is 9.47. The quantitative estimate of drug-likeness (QED) is 0.671. The van der Waals surface area contributed by atoms with E-state index in [1.807, 2.05) is 38.9 Å². The maximum atomic E-state index is 6.38. The van der Waals surface area contributed by atoms with E-state index in [1.165, 1.54) is 12.8 Å². The summed E-state index contributed by atoms with van der Waals surface area (Å²) < 4.78 is 7.47. The standard InChI is InChI=1S/C18H16ClN7O/c19-17-20-9-14-25(17)13-8-4-3-7-12(13)15-21-10-24(26(14)15)18-22-16(27-23-18)11-5-1-2-6-11/h3-4,7-11,15H,1-2,5-6H2. The topological polar surface area (TPSA) is 75.6 Å². The van der Waals surface area contributed by atoms with E-state index in [9.17, 15) is 0 Å². The van der Waals surface area contributed by atoms with Crippen molar-refractivity contribution in [3.63, 3.8) is 0 Å². The van der Waals surface area contributed by atoms with Gasteiger partial charge in [0.1, 0.15) is 6.34 Å². The molecule has 1 unspecified atom stereocenters. The molecule has 0 N–H and O–H groups in total. The van der Waals surface area contributed by atoms with Crippen LogP contribution in [0.15, 0.2) is 40.0 Å². The molecule has 1 aromatic carbocycles. The van der Waals surface area contributed by atoms with Gasteiger partial charge in [-0.15, -0.1) is 0 Å². The zero-order valence-corrected chi connectivity index (χ0v) is 15.1. The monoisotopic (exact) mass is 381 g/mol. The van der Waals surface area contributed by atoms with Crippen LogP contribution in [0.5, 0.6) is 0 Å². The Morgan fingerprint density at radius 2 is 2.00 bits per heavy atom. The lowest BCUT2D eigenvalue weighted by Crippen LogP contribution is -2.43. The minimum Gasteiger partial charge on any atom is -0.337 e. The van der Waals surface area contributed by atoms with Crippen LogP contribution in [0.2, 0.25) is 5.28 Å². The lowest BCUT2D eigenvalue weighted by molar-refractivity contribution is 0.354. The molecule has 136 valence electrons. The summed E-state index contributed by atoms with van der Waals surface area (Å²) in [6.45, 7) is 0. The number of nitrogens with zero attached hydrogens (tertiary/aromatic N) is 7. The van der Waals surface area contributed by atoms with E-state index < -0.39 is 0 Å². The average Bonchev–Trinajstić information content (AvgIpc) is 3.46. The van der Waals surface area contributed by atoms with Crippen molar-refractivity contribution in [3.05, 3.63) is 47.2 Å². The molecule has 1 fully saturated rings. The second kappa shape index (κ2) is 5.56. The van der Waals surface area contributed by atoms with Crippen molar-refractivity contribution >= 4 is 29.7 Å². The van der Waals surface area contributed by atoms with Crippen molar-refractivity contribution in [1.29, 1.82) is 0 Å². The highest BCUT2D eigenvalue weighted by atomic mass is 35.5. The van der Waals surface area contributed by atoms with Gasteiger partial charge in [0, 0.05) is 11.5 Å². The van der Waals surface area contributed by atoms with Gasteiger partial charge in [0.2, 0.25) is 11.2 Å². The van der Waals surface area contributed by atoms with Crippen LogP contribution in [0.1, 0.15) is 49.2 Å². The molecule has 9 heteroatoms. The van der Waals surface area contributed by atoms with Crippen molar-refractivity contribution < 1.29 is 4.52 Å². The smallest absolute Gasteiger partial charge is 0.290 e. The maximum absolute atomic E-state index is 6.38. The van der Waals surface area contributed by atoms with E-state index in [0.29, 0.717) is 23.0 Å². The molecule has 2 aromatic heterocycles. The van der Waals surface area contributed by atoms with E-state index >= 15 is 0 Å². The minimum absolute atomic E-state index is 0.213. The van der Waals surface area contributed by atoms with Crippen LogP contribution in [0.4, 0.5) is 11.8 Å². The molecule has 6 rings (SSSR count). The Balaban J connectivity index is 1.44. The SMILES string of the molecule is Clc1ncc2n1-c1ccccc1C1N=CN(c3noc(C4CCCC4)n3)N21. The fraction of sp³-hybridized carbons (Fsp3) is 0.333. The minimum atomic E-state index is -0.213. The van der Waals surface area contributed by atoms with Crippen molar-refractivity contribution in [2.75, 3.05) is 10.0 Å². The lowest BCUT2D eigenvalue weighted by Gasteiger charge is -2.36. The maximum Gasteiger partial charge on any atom is 0.290 e. The molecular weight excluding hydrogens is 366 g/mol. The summed E-state index contributed by atoms with van der Waals surface area (Å²) >= 11 is 6.38. The highest BCUT2D eigenvalue weighted by Crippen LogP contribution is 2.44. The Bertz CT molecular complexity index is 1050.